The number of fused-ring (bicyclic) bond motifs is 1. The zero-order chi connectivity index (χ0) is 14.5. The first-order chi connectivity index (χ1) is 9.58. The van der Waals surface area contributed by atoms with Gasteiger partial charge in [-0.3, -0.25) is 0 Å². The average Bonchev–Trinajstić information content (AvgIpc) is 2.43. The zero-order valence-corrected chi connectivity index (χ0v) is 12.8. The predicted octanol–water partition coefficient (Wildman–Crippen LogP) is 2.89. The van der Waals surface area contributed by atoms with Crippen LogP contribution < -0.4 is 10.1 Å². The van der Waals surface area contributed by atoms with Crippen LogP contribution in [0.3, 0.4) is 0 Å². The number of rotatable bonds is 6. The van der Waals surface area contributed by atoms with E-state index in [1.165, 1.54) is 16.3 Å². The molecule has 108 valence electrons. The lowest BCUT2D eigenvalue weighted by molar-refractivity contribution is 0.349. The molecule has 0 radical (unpaired) electrons. The van der Waals surface area contributed by atoms with Gasteiger partial charge in [0.25, 0.3) is 0 Å². The van der Waals surface area contributed by atoms with Gasteiger partial charge in [-0.15, -0.1) is 0 Å². The van der Waals surface area contributed by atoms with E-state index in [1.54, 1.807) is 7.11 Å². The molecule has 1 unspecified atom stereocenters. The second-order valence-corrected chi connectivity index (χ2v) is 5.59. The summed E-state index contributed by atoms with van der Waals surface area (Å²) >= 11 is 0. The number of benzene rings is 2. The Bertz CT molecular complexity index is 566. The minimum Gasteiger partial charge on any atom is -0.497 e. The van der Waals surface area contributed by atoms with Crippen LogP contribution in [0.4, 0.5) is 0 Å². The van der Waals surface area contributed by atoms with Gasteiger partial charge < -0.3 is 15.0 Å². The molecule has 0 spiro atoms. The van der Waals surface area contributed by atoms with E-state index < -0.39 is 0 Å². The molecule has 20 heavy (non-hydrogen) atoms. The van der Waals surface area contributed by atoms with Crippen LogP contribution in [0.2, 0.25) is 0 Å². The van der Waals surface area contributed by atoms with Crippen molar-refractivity contribution in [3.63, 3.8) is 0 Å². The molecule has 1 atom stereocenters. The Morgan fingerprint density at radius 1 is 1.10 bits per heavy atom. The lowest BCUT2D eigenvalue weighted by Gasteiger charge is -2.18. The van der Waals surface area contributed by atoms with Gasteiger partial charge in [0.05, 0.1) is 7.11 Å². The lowest BCUT2D eigenvalue weighted by Crippen LogP contribution is -2.35. The van der Waals surface area contributed by atoms with Crippen molar-refractivity contribution in [1.82, 2.24) is 10.2 Å². The number of hydrogen-bond acceptors (Lipinski definition) is 3. The first kappa shape index (κ1) is 14.8. The van der Waals surface area contributed by atoms with Gasteiger partial charge in [0.2, 0.25) is 0 Å². The molecule has 0 aliphatic rings. The molecule has 0 heterocycles. The number of hydrogen-bond donors (Lipinski definition) is 1. The summed E-state index contributed by atoms with van der Waals surface area (Å²) in [5.74, 6) is 0.906. The van der Waals surface area contributed by atoms with Crippen LogP contribution in [0.5, 0.6) is 5.75 Å². The van der Waals surface area contributed by atoms with E-state index in [0.29, 0.717) is 6.04 Å². The van der Waals surface area contributed by atoms with Crippen LogP contribution in [-0.4, -0.2) is 38.7 Å². The number of methoxy groups -OCH3 is 1. The van der Waals surface area contributed by atoms with Gasteiger partial charge in [-0.1, -0.05) is 18.2 Å². The standard InChI is InChI=1S/C17H24N2O/c1-13(12-19(2)3)18-11-14-5-6-16-10-17(20-4)8-7-15(16)9-14/h5-10,13,18H,11-12H2,1-4H3. The normalized spacial score (nSPS) is 12.8. The predicted molar refractivity (Wildman–Crippen MR) is 85.4 cm³/mol. The number of likely N-dealkylation sites (N-methyl/N-ethyl adjacent to an activating group) is 1. The first-order valence-electron chi connectivity index (χ1n) is 7.03. The van der Waals surface area contributed by atoms with Crippen molar-refractivity contribution < 1.29 is 4.74 Å². The monoisotopic (exact) mass is 272 g/mol. The van der Waals surface area contributed by atoms with E-state index in [4.69, 9.17) is 4.74 Å². The Kier molecular flexibility index (Phi) is 4.99. The van der Waals surface area contributed by atoms with E-state index in [1.807, 2.05) is 6.07 Å². The summed E-state index contributed by atoms with van der Waals surface area (Å²) in [6, 6.07) is 13.2. The third kappa shape index (κ3) is 3.95. The summed E-state index contributed by atoms with van der Waals surface area (Å²) in [6.45, 7) is 4.16. The van der Waals surface area contributed by atoms with Crippen LogP contribution in [0.25, 0.3) is 10.8 Å². The molecule has 2 aromatic rings. The molecule has 0 aliphatic heterocycles. The van der Waals surface area contributed by atoms with Crippen LogP contribution in [-0.2, 0) is 6.54 Å². The van der Waals surface area contributed by atoms with Gasteiger partial charge in [-0.2, -0.15) is 0 Å². The molecule has 1 N–H and O–H groups in total. The summed E-state index contributed by atoms with van der Waals surface area (Å²) in [6.07, 6.45) is 0. The molecular formula is C17H24N2O. The third-order valence-electron chi connectivity index (χ3n) is 3.41. The molecule has 0 bridgehead atoms. The van der Waals surface area contributed by atoms with Crippen LogP contribution in [0.1, 0.15) is 12.5 Å². The van der Waals surface area contributed by atoms with Crippen LogP contribution in [0, 0.1) is 0 Å². The van der Waals surface area contributed by atoms with Gasteiger partial charge in [0, 0.05) is 19.1 Å². The molecule has 0 aromatic heterocycles. The van der Waals surface area contributed by atoms with Gasteiger partial charge in [-0.25, -0.2) is 0 Å². The Labute approximate surface area is 121 Å². The van der Waals surface area contributed by atoms with E-state index in [9.17, 15) is 0 Å². The van der Waals surface area contributed by atoms with E-state index >= 15 is 0 Å². The van der Waals surface area contributed by atoms with Crippen molar-refractivity contribution in [2.24, 2.45) is 0 Å². The molecular weight excluding hydrogens is 248 g/mol. The van der Waals surface area contributed by atoms with Gasteiger partial charge in [-0.05, 0) is 55.6 Å². The largest absolute Gasteiger partial charge is 0.497 e. The molecule has 2 rings (SSSR count). The molecule has 0 fully saturated rings. The zero-order valence-electron chi connectivity index (χ0n) is 12.8. The number of nitrogens with zero attached hydrogens (tertiary/aromatic N) is 1. The smallest absolute Gasteiger partial charge is 0.119 e. The molecule has 0 saturated carbocycles. The maximum Gasteiger partial charge on any atom is 0.119 e. The summed E-state index contributed by atoms with van der Waals surface area (Å²) in [4.78, 5) is 2.20. The maximum atomic E-state index is 5.25. The second kappa shape index (κ2) is 6.73. The van der Waals surface area contributed by atoms with Crippen molar-refractivity contribution in [1.29, 1.82) is 0 Å². The molecule has 3 heteroatoms. The van der Waals surface area contributed by atoms with E-state index in [-0.39, 0.29) is 0 Å². The van der Waals surface area contributed by atoms with Gasteiger partial charge in [0.1, 0.15) is 5.75 Å². The van der Waals surface area contributed by atoms with Crippen molar-refractivity contribution in [2.75, 3.05) is 27.7 Å². The SMILES string of the molecule is COc1ccc2cc(CNC(C)CN(C)C)ccc2c1. The minimum atomic E-state index is 0.483. The van der Waals surface area contributed by atoms with Gasteiger partial charge >= 0.3 is 0 Å². The van der Waals surface area contributed by atoms with E-state index in [0.717, 1.165) is 18.8 Å². The maximum absolute atomic E-state index is 5.25. The highest BCUT2D eigenvalue weighted by Crippen LogP contribution is 2.21. The number of ether oxygens (including phenoxy) is 1. The fourth-order valence-corrected chi connectivity index (χ4v) is 2.41. The molecule has 3 nitrogen and oxygen atoms in total. The highest BCUT2D eigenvalue weighted by atomic mass is 16.5. The summed E-state index contributed by atoms with van der Waals surface area (Å²) in [5.41, 5.74) is 1.31. The third-order valence-corrected chi connectivity index (χ3v) is 3.41. The minimum absolute atomic E-state index is 0.483. The molecule has 0 aliphatic carbocycles. The average molecular weight is 272 g/mol. The van der Waals surface area contributed by atoms with Crippen molar-refractivity contribution in [3.8, 4) is 5.75 Å². The lowest BCUT2D eigenvalue weighted by atomic mass is 10.1. The van der Waals surface area contributed by atoms with Gasteiger partial charge in [0.15, 0.2) is 0 Å². The summed E-state index contributed by atoms with van der Waals surface area (Å²) in [5, 5.41) is 6.02. The summed E-state index contributed by atoms with van der Waals surface area (Å²) in [7, 11) is 5.90. The highest BCUT2D eigenvalue weighted by molar-refractivity contribution is 5.84. The summed E-state index contributed by atoms with van der Waals surface area (Å²) < 4.78 is 5.25. The van der Waals surface area contributed by atoms with Crippen molar-refractivity contribution in [3.05, 3.63) is 42.0 Å². The quantitative estimate of drug-likeness (QED) is 0.875. The van der Waals surface area contributed by atoms with E-state index in [2.05, 4.69) is 61.6 Å². The van der Waals surface area contributed by atoms with Crippen molar-refractivity contribution >= 4 is 10.8 Å². The Balaban J connectivity index is 2.04. The first-order valence-corrected chi connectivity index (χ1v) is 7.03. The number of nitrogens with one attached hydrogen (secondary N) is 1. The molecule has 0 amide bonds. The Morgan fingerprint density at radius 2 is 1.80 bits per heavy atom. The topological polar surface area (TPSA) is 24.5 Å². The molecule has 0 saturated heterocycles. The highest BCUT2D eigenvalue weighted by Gasteiger charge is 2.03. The Hall–Kier alpha value is -1.58. The fourth-order valence-electron chi connectivity index (χ4n) is 2.41. The van der Waals surface area contributed by atoms with Crippen LogP contribution in [0.15, 0.2) is 36.4 Å². The second-order valence-electron chi connectivity index (χ2n) is 5.59. The Morgan fingerprint density at radius 3 is 2.50 bits per heavy atom. The van der Waals surface area contributed by atoms with Crippen LogP contribution >= 0.6 is 0 Å². The molecule has 2 aromatic carbocycles. The fraction of sp³-hybridized carbons (Fsp3) is 0.412. The van der Waals surface area contributed by atoms with Crippen molar-refractivity contribution in [2.45, 2.75) is 19.5 Å².